The summed E-state index contributed by atoms with van der Waals surface area (Å²) >= 11 is 1.68. The first-order valence-electron chi connectivity index (χ1n) is 10.9. The number of amides is 1. The van der Waals surface area contributed by atoms with Crippen molar-refractivity contribution < 1.29 is 4.79 Å². The van der Waals surface area contributed by atoms with Gasteiger partial charge in [-0.15, -0.1) is 0 Å². The van der Waals surface area contributed by atoms with Crippen molar-refractivity contribution in [3.63, 3.8) is 0 Å². The molecule has 1 fully saturated rings. The molecule has 7 nitrogen and oxygen atoms in total. The maximum Gasteiger partial charge on any atom is 0.244 e. The molecule has 0 bridgehead atoms. The minimum atomic E-state index is -0.119. The number of nitrogens with one attached hydrogen (secondary N) is 1. The normalized spacial score (nSPS) is 14.0. The molecule has 8 heteroatoms. The van der Waals surface area contributed by atoms with E-state index < -0.39 is 0 Å². The quantitative estimate of drug-likeness (QED) is 0.313. The van der Waals surface area contributed by atoms with E-state index in [1.807, 2.05) is 47.3 Å². The Morgan fingerprint density at radius 1 is 1.19 bits per heavy atom. The molecule has 4 rings (SSSR count). The van der Waals surface area contributed by atoms with Crippen molar-refractivity contribution in [3.05, 3.63) is 48.2 Å². The first-order chi connectivity index (χ1) is 15.2. The summed E-state index contributed by atoms with van der Waals surface area (Å²) in [6, 6.07) is 9.78. The van der Waals surface area contributed by atoms with Crippen LogP contribution >= 0.6 is 11.8 Å². The molecule has 0 aliphatic carbocycles. The molecule has 3 heterocycles. The Bertz CT molecular complexity index is 1040. The van der Waals surface area contributed by atoms with Crippen LogP contribution in [-0.4, -0.2) is 51.0 Å². The number of benzene rings is 1. The number of carbonyl (C=O) groups excluding carboxylic acids is 1. The van der Waals surface area contributed by atoms with Crippen LogP contribution in [0.5, 0.6) is 0 Å². The van der Waals surface area contributed by atoms with Crippen molar-refractivity contribution in [3.8, 4) is 0 Å². The van der Waals surface area contributed by atoms with Crippen LogP contribution in [0.4, 0.5) is 5.82 Å². The summed E-state index contributed by atoms with van der Waals surface area (Å²) in [7, 11) is 0. The predicted octanol–water partition coefficient (Wildman–Crippen LogP) is 3.76. The summed E-state index contributed by atoms with van der Waals surface area (Å²) in [5, 5.41) is 9.26. The predicted molar refractivity (Wildman–Crippen MR) is 126 cm³/mol. The lowest BCUT2D eigenvalue weighted by Gasteiger charge is -2.18. The van der Waals surface area contributed by atoms with Crippen LogP contribution < -0.4 is 10.2 Å². The summed E-state index contributed by atoms with van der Waals surface area (Å²) in [5.74, 6) is 1.86. The highest BCUT2D eigenvalue weighted by molar-refractivity contribution is 7.99. The van der Waals surface area contributed by atoms with E-state index in [-0.39, 0.29) is 5.91 Å². The minimum Gasteiger partial charge on any atom is -0.356 e. The second-order valence-electron chi connectivity index (χ2n) is 7.51. The molecule has 31 heavy (non-hydrogen) atoms. The van der Waals surface area contributed by atoms with Crippen LogP contribution in [0.2, 0.25) is 0 Å². The zero-order valence-electron chi connectivity index (χ0n) is 17.8. The maximum atomic E-state index is 12.1. The van der Waals surface area contributed by atoms with Gasteiger partial charge < -0.3 is 10.2 Å². The van der Waals surface area contributed by atoms with Gasteiger partial charge in [0, 0.05) is 31.5 Å². The van der Waals surface area contributed by atoms with Gasteiger partial charge in [0.2, 0.25) is 5.91 Å². The molecule has 1 amide bonds. The molecule has 2 aromatic heterocycles. The summed E-state index contributed by atoms with van der Waals surface area (Å²) in [4.78, 5) is 24.1. The van der Waals surface area contributed by atoms with Gasteiger partial charge in [-0.3, -0.25) is 4.79 Å². The van der Waals surface area contributed by atoms with E-state index in [9.17, 15) is 4.79 Å². The number of thioether (sulfide) groups is 1. The van der Waals surface area contributed by atoms with E-state index in [1.165, 1.54) is 12.8 Å². The summed E-state index contributed by atoms with van der Waals surface area (Å²) in [5.41, 5.74) is 1.84. The lowest BCUT2D eigenvalue weighted by molar-refractivity contribution is -0.116. The van der Waals surface area contributed by atoms with Gasteiger partial charge in [0.05, 0.1) is 18.1 Å². The third-order valence-corrected chi connectivity index (χ3v) is 6.20. The number of rotatable bonds is 9. The van der Waals surface area contributed by atoms with Gasteiger partial charge in [0.1, 0.15) is 5.82 Å². The standard InChI is InChI=1S/C23H28N6OS/c1-2-16-31-23-26-21(28-13-6-7-14-28)19-17-25-29(22(19)27-23)15-12-24-20(30)11-10-18-8-4-3-5-9-18/h3-5,8-11,17H,2,6-7,12-16H2,1H3,(H,24,30)/b11-10-. The molecule has 0 atom stereocenters. The van der Waals surface area contributed by atoms with Crippen molar-refractivity contribution in [1.82, 2.24) is 25.1 Å². The van der Waals surface area contributed by atoms with E-state index in [4.69, 9.17) is 9.97 Å². The topological polar surface area (TPSA) is 75.9 Å². The van der Waals surface area contributed by atoms with E-state index in [1.54, 1.807) is 17.8 Å². The smallest absolute Gasteiger partial charge is 0.244 e. The fourth-order valence-electron chi connectivity index (χ4n) is 3.59. The molecule has 0 unspecified atom stereocenters. The number of hydrogen-bond acceptors (Lipinski definition) is 6. The minimum absolute atomic E-state index is 0.119. The van der Waals surface area contributed by atoms with Gasteiger partial charge >= 0.3 is 0 Å². The first-order valence-corrected chi connectivity index (χ1v) is 11.9. The van der Waals surface area contributed by atoms with Crippen molar-refractivity contribution >= 4 is 40.6 Å². The highest BCUT2D eigenvalue weighted by Crippen LogP contribution is 2.29. The Morgan fingerprint density at radius 2 is 2.00 bits per heavy atom. The molecular formula is C23H28N6OS. The highest BCUT2D eigenvalue weighted by Gasteiger charge is 2.20. The number of fused-ring (bicyclic) bond motifs is 1. The van der Waals surface area contributed by atoms with E-state index >= 15 is 0 Å². The number of aromatic nitrogens is 4. The Morgan fingerprint density at radius 3 is 2.77 bits per heavy atom. The van der Waals surface area contributed by atoms with Crippen LogP contribution in [0.25, 0.3) is 17.1 Å². The number of nitrogens with zero attached hydrogens (tertiary/aromatic N) is 5. The Balaban J connectivity index is 1.45. The van der Waals surface area contributed by atoms with Crippen molar-refractivity contribution in [2.24, 2.45) is 0 Å². The molecule has 0 saturated carbocycles. The molecule has 162 valence electrons. The summed E-state index contributed by atoms with van der Waals surface area (Å²) < 4.78 is 1.87. The van der Waals surface area contributed by atoms with Gasteiger partial charge in [-0.25, -0.2) is 14.6 Å². The Kier molecular flexibility index (Phi) is 7.19. The average Bonchev–Trinajstić information content (AvgIpc) is 3.47. The van der Waals surface area contributed by atoms with Crippen molar-refractivity contribution in [2.45, 2.75) is 37.9 Å². The second-order valence-corrected chi connectivity index (χ2v) is 8.57. The van der Waals surface area contributed by atoms with E-state index in [0.717, 1.165) is 52.8 Å². The van der Waals surface area contributed by atoms with Crippen molar-refractivity contribution in [1.29, 1.82) is 0 Å². The number of carbonyl (C=O) groups is 1. The van der Waals surface area contributed by atoms with Crippen LogP contribution in [0.3, 0.4) is 0 Å². The summed E-state index contributed by atoms with van der Waals surface area (Å²) in [6.07, 6.45) is 8.69. The Hall–Kier alpha value is -2.87. The largest absolute Gasteiger partial charge is 0.356 e. The number of anilines is 1. The first kappa shape index (κ1) is 21.4. The molecule has 1 N–H and O–H groups in total. The van der Waals surface area contributed by atoms with E-state index in [2.05, 4.69) is 22.2 Å². The van der Waals surface area contributed by atoms with Gasteiger partial charge in [-0.1, -0.05) is 49.0 Å². The Labute approximate surface area is 186 Å². The van der Waals surface area contributed by atoms with E-state index in [0.29, 0.717) is 13.1 Å². The average molecular weight is 437 g/mol. The van der Waals surface area contributed by atoms with Gasteiger partial charge in [0.25, 0.3) is 0 Å². The van der Waals surface area contributed by atoms with Gasteiger partial charge in [0.15, 0.2) is 10.8 Å². The zero-order valence-corrected chi connectivity index (χ0v) is 18.6. The molecule has 0 spiro atoms. The molecule has 3 aromatic rings. The van der Waals surface area contributed by atoms with Gasteiger partial charge in [-0.05, 0) is 30.9 Å². The van der Waals surface area contributed by atoms with Crippen molar-refractivity contribution in [2.75, 3.05) is 30.3 Å². The second kappa shape index (κ2) is 10.4. The fourth-order valence-corrected chi connectivity index (χ4v) is 4.28. The fraction of sp³-hybridized carbons (Fsp3) is 0.391. The molecule has 0 radical (unpaired) electrons. The number of hydrogen-bond donors (Lipinski definition) is 1. The van der Waals surface area contributed by atoms with Crippen LogP contribution in [0.15, 0.2) is 47.8 Å². The monoisotopic (exact) mass is 436 g/mol. The molecule has 1 aromatic carbocycles. The molecule has 1 saturated heterocycles. The lowest BCUT2D eigenvalue weighted by Crippen LogP contribution is -2.26. The third kappa shape index (κ3) is 5.44. The highest BCUT2D eigenvalue weighted by atomic mass is 32.2. The lowest BCUT2D eigenvalue weighted by atomic mass is 10.2. The molecular weight excluding hydrogens is 408 g/mol. The maximum absolute atomic E-state index is 12.1. The van der Waals surface area contributed by atoms with Crippen LogP contribution in [0.1, 0.15) is 31.7 Å². The van der Waals surface area contributed by atoms with Crippen LogP contribution in [-0.2, 0) is 11.3 Å². The SMILES string of the molecule is CCCSc1nc(N2CCCC2)c2cnn(CCNC(=O)/C=C\c3ccccc3)c2n1. The summed E-state index contributed by atoms with van der Waals surface area (Å²) in [6.45, 7) is 5.25. The molecule has 1 aliphatic heterocycles. The van der Waals surface area contributed by atoms with Gasteiger partial charge in [-0.2, -0.15) is 5.10 Å². The third-order valence-electron chi connectivity index (χ3n) is 5.15. The molecule has 1 aliphatic rings. The van der Waals surface area contributed by atoms with Crippen LogP contribution in [0, 0.1) is 0 Å². The zero-order chi connectivity index (χ0) is 21.5.